The Morgan fingerprint density at radius 2 is 2.12 bits per heavy atom. The van der Waals surface area contributed by atoms with Crippen LogP contribution in [0.25, 0.3) is 10.6 Å². The molecule has 0 amide bonds. The predicted molar refractivity (Wildman–Crippen MR) is 102 cm³/mol. The van der Waals surface area contributed by atoms with E-state index in [-0.39, 0.29) is 11.7 Å². The first-order valence-corrected chi connectivity index (χ1v) is 9.83. The van der Waals surface area contributed by atoms with Gasteiger partial charge in [0.2, 0.25) is 0 Å². The van der Waals surface area contributed by atoms with Crippen molar-refractivity contribution in [2.75, 3.05) is 0 Å². The molecule has 0 N–H and O–H groups in total. The molecule has 5 heteroatoms. The van der Waals surface area contributed by atoms with Gasteiger partial charge in [-0.05, 0) is 56.7 Å². The Hall–Kier alpha value is -1.52. The Morgan fingerprint density at radius 3 is 2.72 bits per heavy atom. The average molecular weight is 376 g/mol. The van der Waals surface area contributed by atoms with Crippen LogP contribution in [-0.2, 0) is 9.59 Å². The zero-order valence-corrected chi connectivity index (χ0v) is 16.3. The highest BCUT2D eigenvalue weighted by Crippen LogP contribution is 2.37. The first kappa shape index (κ1) is 18.3. The molecular weight excluding hydrogens is 354 g/mol. The lowest BCUT2D eigenvalue weighted by atomic mass is 9.89. The van der Waals surface area contributed by atoms with Crippen LogP contribution in [0.2, 0.25) is 5.02 Å². The molecule has 3 nitrogen and oxygen atoms in total. The summed E-state index contributed by atoms with van der Waals surface area (Å²) < 4.78 is 0. The molecule has 132 valence electrons. The Bertz CT molecular complexity index is 814. The van der Waals surface area contributed by atoms with Crippen molar-refractivity contribution in [2.45, 2.75) is 46.0 Å². The second-order valence-corrected chi connectivity index (χ2v) is 8.69. The summed E-state index contributed by atoms with van der Waals surface area (Å²) in [6, 6.07) is 5.67. The number of aryl methyl sites for hydroxylation is 2. The molecule has 3 rings (SSSR count). The summed E-state index contributed by atoms with van der Waals surface area (Å²) in [7, 11) is 0. The van der Waals surface area contributed by atoms with Gasteiger partial charge in [-0.25, -0.2) is 4.98 Å². The molecule has 0 saturated heterocycles. The normalized spacial score (nSPS) is 21.3. The van der Waals surface area contributed by atoms with Crippen molar-refractivity contribution >= 4 is 35.0 Å². The summed E-state index contributed by atoms with van der Waals surface area (Å²) in [5.74, 6) is -0.155. The number of ketones is 1. The molecule has 3 atom stereocenters. The van der Waals surface area contributed by atoms with Gasteiger partial charge >= 0.3 is 0 Å². The van der Waals surface area contributed by atoms with Crippen LogP contribution in [0, 0.1) is 25.7 Å². The molecule has 0 spiro atoms. The quantitative estimate of drug-likeness (QED) is 0.521. The van der Waals surface area contributed by atoms with Crippen molar-refractivity contribution in [3.05, 3.63) is 39.4 Å². The number of rotatable bonds is 5. The van der Waals surface area contributed by atoms with Gasteiger partial charge in [0.1, 0.15) is 17.2 Å². The fraction of sp³-hybridized carbons (Fsp3) is 0.450. The molecule has 2 aromatic rings. The Balaban J connectivity index is 1.92. The van der Waals surface area contributed by atoms with Crippen LogP contribution in [0.15, 0.2) is 18.2 Å². The van der Waals surface area contributed by atoms with Crippen LogP contribution in [0.1, 0.15) is 48.2 Å². The van der Waals surface area contributed by atoms with Gasteiger partial charge in [-0.3, -0.25) is 4.79 Å². The van der Waals surface area contributed by atoms with E-state index in [2.05, 4.69) is 11.9 Å². The zero-order valence-electron chi connectivity index (χ0n) is 14.7. The molecular formula is C20H22ClNO2S. The number of hydrogen-bond donors (Lipinski definition) is 0. The van der Waals surface area contributed by atoms with Gasteiger partial charge in [0.05, 0.1) is 5.69 Å². The molecule has 1 aliphatic rings. The topological polar surface area (TPSA) is 47.0 Å². The van der Waals surface area contributed by atoms with Crippen molar-refractivity contribution in [1.82, 2.24) is 4.98 Å². The van der Waals surface area contributed by atoms with Gasteiger partial charge in [-0.1, -0.05) is 24.6 Å². The predicted octanol–water partition coefficient (Wildman–Crippen LogP) is 5.37. The van der Waals surface area contributed by atoms with Crippen LogP contribution < -0.4 is 0 Å². The van der Waals surface area contributed by atoms with E-state index in [1.54, 1.807) is 0 Å². The van der Waals surface area contributed by atoms with Crippen LogP contribution in [0.5, 0.6) is 0 Å². The number of nitrogens with zero attached hydrogens (tertiary/aromatic N) is 1. The van der Waals surface area contributed by atoms with E-state index < -0.39 is 5.92 Å². The zero-order chi connectivity index (χ0) is 18.1. The summed E-state index contributed by atoms with van der Waals surface area (Å²) in [5.41, 5.74) is 2.65. The van der Waals surface area contributed by atoms with Crippen LogP contribution in [-0.4, -0.2) is 17.1 Å². The second kappa shape index (κ2) is 7.38. The van der Waals surface area contributed by atoms with Crippen molar-refractivity contribution in [3.63, 3.8) is 0 Å². The molecule has 25 heavy (non-hydrogen) atoms. The molecule has 0 bridgehead atoms. The Kier molecular flexibility index (Phi) is 5.40. The van der Waals surface area contributed by atoms with Gasteiger partial charge in [0.25, 0.3) is 0 Å². The number of Topliss-reactive ketones (excluding diaryl/α,β-unsaturated/α-hetero) is 1. The third kappa shape index (κ3) is 3.70. The lowest BCUT2D eigenvalue weighted by Gasteiger charge is -2.13. The van der Waals surface area contributed by atoms with E-state index in [0.717, 1.165) is 46.6 Å². The monoisotopic (exact) mass is 375 g/mol. The van der Waals surface area contributed by atoms with Crippen molar-refractivity contribution in [3.8, 4) is 10.6 Å². The van der Waals surface area contributed by atoms with Gasteiger partial charge in [-0.2, -0.15) is 0 Å². The summed E-state index contributed by atoms with van der Waals surface area (Å²) in [4.78, 5) is 30.2. The highest BCUT2D eigenvalue weighted by molar-refractivity contribution is 7.15. The molecule has 0 radical (unpaired) electrons. The maximum absolute atomic E-state index is 12.8. The van der Waals surface area contributed by atoms with Crippen molar-refractivity contribution in [2.24, 2.45) is 11.8 Å². The highest BCUT2D eigenvalue weighted by atomic mass is 35.5. The van der Waals surface area contributed by atoms with E-state index in [1.165, 1.54) is 11.3 Å². The number of carbonyl (C=O) groups is 2. The minimum atomic E-state index is -0.743. The van der Waals surface area contributed by atoms with E-state index in [1.807, 2.05) is 32.0 Å². The summed E-state index contributed by atoms with van der Waals surface area (Å²) in [6.07, 6.45) is 3.60. The fourth-order valence-corrected chi connectivity index (χ4v) is 4.94. The number of benzene rings is 1. The minimum Gasteiger partial charge on any atom is -0.302 e. The summed E-state index contributed by atoms with van der Waals surface area (Å²) in [6.45, 7) is 6.08. The average Bonchev–Trinajstić information content (AvgIpc) is 3.15. The maximum atomic E-state index is 12.8. The molecule has 1 aromatic carbocycles. The molecule has 1 aliphatic carbocycles. The molecule has 0 aliphatic heterocycles. The lowest BCUT2D eigenvalue weighted by molar-refractivity contribution is -0.127. The minimum absolute atomic E-state index is 0.00739. The lowest BCUT2D eigenvalue weighted by Crippen LogP contribution is -2.22. The van der Waals surface area contributed by atoms with Gasteiger partial charge in [-0.15, -0.1) is 11.3 Å². The van der Waals surface area contributed by atoms with Crippen LogP contribution >= 0.6 is 22.9 Å². The van der Waals surface area contributed by atoms with Crippen LogP contribution in [0.3, 0.4) is 0 Å². The van der Waals surface area contributed by atoms with E-state index in [4.69, 9.17) is 11.6 Å². The number of hydrogen-bond acceptors (Lipinski definition) is 4. The second-order valence-electron chi connectivity index (χ2n) is 7.05. The standard InChI is InChI=1S/C20H22ClNO2S/c1-11-4-5-14(8-11)19(24)17(10-23)18-13(3)25-20(22-18)16-7-6-15(21)9-12(16)2/h6-7,9-11,14,17H,4-5,8H2,1-3H3/t11-,14-,17?/m1/s1. The van der Waals surface area contributed by atoms with E-state index in [0.29, 0.717) is 16.6 Å². The molecule has 1 saturated carbocycles. The van der Waals surface area contributed by atoms with E-state index in [9.17, 15) is 9.59 Å². The number of thiazole rings is 1. The molecule has 1 heterocycles. The molecule has 1 unspecified atom stereocenters. The molecule has 1 fully saturated rings. The largest absolute Gasteiger partial charge is 0.302 e. The SMILES string of the molecule is Cc1cc(Cl)ccc1-c1nc(C(C=O)C(=O)[C@@H]2CC[C@@H](C)C2)c(C)s1. The van der Waals surface area contributed by atoms with Crippen LogP contribution in [0.4, 0.5) is 0 Å². The number of aldehydes is 1. The summed E-state index contributed by atoms with van der Waals surface area (Å²) in [5, 5.41) is 1.52. The first-order chi connectivity index (χ1) is 11.9. The Labute approximate surface area is 157 Å². The number of halogens is 1. The smallest absolute Gasteiger partial charge is 0.152 e. The van der Waals surface area contributed by atoms with Crippen molar-refractivity contribution < 1.29 is 9.59 Å². The third-order valence-corrected chi connectivity index (χ3v) is 6.34. The number of carbonyl (C=O) groups excluding carboxylic acids is 2. The molecule has 1 aromatic heterocycles. The van der Waals surface area contributed by atoms with E-state index >= 15 is 0 Å². The highest BCUT2D eigenvalue weighted by Gasteiger charge is 2.34. The maximum Gasteiger partial charge on any atom is 0.152 e. The fourth-order valence-electron chi connectivity index (χ4n) is 3.66. The Morgan fingerprint density at radius 1 is 1.36 bits per heavy atom. The third-order valence-electron chi connectivity index (χ3n) is 5.09. The number of aromatic nitrogens is 1. The summed E-state index contributed by atoms with van der Waals surface area (Å²) >= 11 is 7.56. The van der Waals surface area contributed by atoms with Gasteiger partial charge in [0, 0.05) is 21.4 Å². The van der Waals surface area contributed by atoms with Gasteiger partial charge in [0.15, 0.2) is 5.78 Å². The van der Waals surface area contributed by atoms with Gasteiger partial charge < -0.3 is 4.79 Å². The van der Waals surface area contributed by atoms with Crippen molar-refractivity contribution in [1.29, 1.82) is 0 Å². The first-order valence-electron chi connectivity index (χ1n) is 8.63.